The van der Waals surface area contributed by atoms with E-state index in [-0.39, 0.29) is 0 Å². The molecule has 0 heteroatoms. The van der Waals surface area contributed by atoms with Crippen molar-refractivity contribution in [3.63, 3.8) is 0 Å². The maximum Gasteiger partial charge on any atom is -0.0131 e. The standard InChI is InChI=1S/C27H42/c1-3-5-10-23-15-19-26(20-16-23)27(21-24-11-7-6-8-12-24)25-17-13-22(9-4-2)14-18-25/h6-7,13-14,17-18,23-24,26-27H,3-5,8-12,15-16,19-21H2,1-2H3. The largest absolute Gasteiger partial charge is 0.0885 e. The van der Waals surface area contributed by atoms with E-state index in [1.807, 2.05) is 0 Å². The van der Waals surface area contributed by atoms with Crippen molar-refractivity contribution in [2.45, 2.75) is 103 Å². The Labute approximate surface area is 168 Å². The van der Waals surface area contributed by atoms with Crippen LogP contribution >= 0.6 is 0 Å². The Morgan fingerprint density at radius 3 is 2.26 bits per heavy atom. The molecule has 1 fully saturated rings. The molecule has 2 atom stereocenters. The van der Waals surface area contributed by atoms with Gasteiger partial charge in [0, 0.05) is 0 Å². The molecule has 1 aromatic carbocycles. The molecule has 0 radical (unpaired) electrons. The summed E-state index contributed by atoms with van der Waals surface area (Å²) in [7, 11) is 0. The third-order valence-electron chi connectivity index (χ3n) is 7.34. The van der Waals surface area contributed by atoms with Crippen molar-refractivity contribution in [2.24, 2.45) is 17.8 Å². The second-order valence-electron chi connectivity index (χ2n) is 9.41. The van der Waals surface area contributed by atoms with Gasteiger partial charge in [0.1, 0.15) is 0 Å². The van der Waals surface area contributed by atoms with E-state index in [1.165, 1.54) is 89.0 Å². The van der Waals surface area contributed by atoms with Crippen molar-refractivity contribution in [3.05, 3.63) is 47.5 Å². The molecule has 0 amide bonds. The number of hydrogen-bond donors (Lipinski definition) is 0. The third kappa shape index (κ3) is 6.23. The maximum absolute atomic E-state index is 2.48. The molecular formula is C27H42. The first-order chi connectivity index (χ1) is 13.3. The normalized spacial score (nSPS) is 26.8. The summed E-state index contributed by atoms with van der Waals surface area (Å²) in [5.41, 5.74) is 3.16. The molecule has 2 aliphatic rings. The van der Waals surface area contributed by atoms with Crippen molar-refractivity contribution < 1.29 is 0 Å². The van der Waals surface area contributed by atoms with Gasteiger partial charge in [0.05, 0.1) is 0 Å². The van der Waals surface area contributed by atoms with Crippen LogP contribution in [0.1, 0.15) is 108 Å². The summed E-state index contributed by atoms with van der Waals surface area (Å²) in [6.07, 6.45) is 22.9. The lowest BCUT2D eigenvalue weighted by Gasteiger charge is -2.36. The van der Waals surface area contributed by atoms with Crippen LogP contribution < -0.4 is 0 Å². The first kappa shape index (κ1) is 20.7. The van der Waals surface area contributed by atoms with Gasteiger partial charge in [-0.1, -0.05) is 88.8 Å². The summed E-state index contributed by atoms with van der Waals surface area (Å²) in [4.78, 5) is 0. The van der Waals surface area contributed by atoms with Gasteiger partial charge >= 0.3 is 0 Å². The topological polar surface area (TPSA) is 0 Å². The van der Waals surface area contributed by atoms with Crippen molar-refractivity contribution >= 4 is 0 Å². The highest BCUT2D eigenvalue weighted by atomic mass is 14.3. The van der Waals surface area contributed by atoms with Crippen LogP contribution in [0, 0.1) is 17.8 Å². The third-order valence-corrected chi connectivity index (χ3v) is 7.34. The Bertz CT molecular complexity index is 544. The van der Waals surface area contributed by atoms with E-state index >= 15 is 0 Å². The Balaban J connectivity index is 1.67. The molecule has 2 unspecified atom stereocenters. The van der Waals surface area contributed by atoms with E-state index in [1.54, 1.807) is 5.56 Å². The fraction of sp³-hybridized carbons (Fsp3) is 0.704. The Morgan fingerprint density at radius 1 is 0.852 bits per heavy atom. The molecule has 27 heavy (non-hydrogen) atoms. The van der Waals surface area contributed by atoms with Gasteiger partial charge in [0.25, 0.3) is 0 Å². The van der Waals surface area contributed by atoms with Gasteiger partial charge in [-0.05, 0) is 79.7 Å². The van der Waals surface area contributed by atoms with Crippen molar-refractivity contribution in [3.8, 4) is 0 Å². The van der Waals surface area contributed by atoms with Crippen LogP contribution in [0.15, 0.2) is 36.4 Å². The van der Waals surface area contributed by atoms with E-state index in [4.69, 9.17) is 0 Å². The fourth-order valence-corrected chi connectivity index (χ4v) is 5.62. The minimum atomic E-state index is 0.796. The Kier molecular flexibility index (Phi) is 8.49. The summed E-state index contributed by atoms with van der Waals surface area (Å²) >= 11 is 0. The molecule has 1 saturated carbocycles. The van der Waals surface area contributed by atoms with Gasteiger partial charge < -0.3 is 0 Å². The first-order valence-electron chi connectivity index (χ1n) is 12.0. The molecule has 2 aliphatic carbocycles. The van der Waals surface area contributed by atoms with Crippen LogP contribution in [0.3, 0.4) is 0 Å². The average Bonchev–Trinajstić information content (AvgIpc) is 2.73. The van der Waals surface area contributed by atoms with Crippen LogP contribution in [-0.4, -0.2) is 0 Å². The predicted octanol–water partition coefficient (Wildman–Crippen LogP) is 8.47. The zero-order valence-electron chi connectivity index (χ0n) is 18.0. The van der Waals surface area contributed by atoms with Gasteiger partial charge in [-0.2, -0.15) is 0 Å². The van der Waals surface area contributed by atoms with Gasteiger partial charge in [0.2, 0.25) is 0 Å². The molecule has 0 heterocycles. The van der Waals surface area contributed by atoms with E-state index in [2.05, 4.69) is 50.3 Å². The van der Waals surface area contributed by atoms with E-state index in [0.29, 0.717) is 0 Å². The summed E-state index contributed by atoms with van der Waals surface area (Å²) in [5.74, 6) is 3.65. The number of aryl methyl sites for hydroxylation is 1. The molecule has 3 rings (SSSR count). The number of rotatable bonds is 9. The van der Waals surface area contributed by atoms with Crippen molar-refractivity contribution in [2.75, 3.05) is 0 Å². The van der Waals surface area contributed by atoms with Gasteiger partial charge in [-0.15, -0.1) is 0 Å². The lowest BCUT2D eigenvalue weighted by Crippen LogP contribution is -2.23. The van der Waals surface area contributed by atoms with Crippen molar-refractivity contribution in [1.82, 2.24) is 0 Å². The zero-order chi connectivity index (χ0) is 18.9. The highest BCUT2D eigenvalue weighted by Gasteiger charge is 2.30. The molecule has 0 nitrogen and oxygen atoms in total. The summed E-state index contributed by atoms with van der Waals surface area (Å²) in [6, 6.07) is 9.80. The predicted molar refractivity (Wildman–Crippen MR) is 119 cm³/mol. The number of benzene rings is 1. The molecule has 0 bridgehead atoms. The summed E-state index contributed by atoms with van der Waals surface area (Å²) in [5, 5.41) is 0. The monoisotopic (exact) mass is 366 g/mol. The molecular weight excluding hydrogens is 324 g/mol. The molecule has 150 valence electrons. The van der Waals surface area contributed by atoms with Gasteiger partial charge in [0.15, 0.2) is 0 Å². The second kappa shape index (κ2) is 11.1. The highest BCUT2D eigenvalue weighted by molar-refractivity contribution is 5.26. The SMILES string of the molecule is CCCCC1CCC(C(CC2CC=CCC2)c2ccc(CCC)cc2)CC1. The lowest BCUT2D eigenvalue weighted by atomic mass is 9.69. The average molecular weight is 367 g/mol. The number of allylic oxidation sites excluding steroid dienone is 2. The van der Waals surface area contributed by atoms with Crippen LogP contribution in [0.25, 0.3) is 0 Å². The lowest BCUT2D eigenvalue weighted by molar-refractivity contribution is 0.210. The summed E-state index contributed by atoms with van der Waals surface area (Å²) in [6.45, 7) is 4.62. The Morgan fingerprint density at radius 2 is 1.63 bits per heavy atom. The van der Waals surface area contributed by atoms with Crippen LogP contribution in [0.4, 0.5) is 0 Å². The number of hydrogen-bond acceptors (Lipinski definition) is 0. The van der Waals surface area contributed by atoms with Crippen molar-refractivity contribution in [1.29, 1.82) is 0 Å². The number of unbranched alkanes of at least 4 members (excludes halogenated alkanes) is 1. The quantitative estimate of drug-likeness (QED) is 0.384. The summed E-state index contributed by atoms with van der Waals surface area (Å²) < 4.78 is 0. The second-order valence-corrected chi connectivity index (χ2v) is 9.41. The Hall–Kier alpha value is -1.04. The zero-order valence-corrected chi connectivity index (χ0v) is 18.0. The van der Waals surface area contributed by atoms with E-state index < -0.39 is 0 Å². The van der Waals surface area contributed by atoms with Gasteiger partial charge in [-0.25, -0.2) is 0 Å². The van der Waals surface area contributed by atoms with Gasteiger partial charge in [-0.3, -0.25) is 0 Å². The molecule has 0 aromatic heterocycles. The molecule has 1 aromatic rings. The highest BCUT2D eigenvalue weighted by Crippen LogP contribution is 2.44. The van der Waals surface area contributed by atoms with Crippen LogP contribution in [-0.2, 0) is 6.42 Å². The van der Waals surface area contributed by atoms with E-state index in [9.17, 15) is 0 Å². The molecule has 0 saturated heterocycles. The maximum atomic E-state index is 2.48. The molecule has 0 aliphatic heterocycles. The molecule has 0 spiro atoms. The fourth-order valence-electron chi connectivity index (χ4n) is 5.62. The smallest absolute Gasteiger partial charge is 0.0131 e. The van der Waals surface area contributed by atoms with E-state index in [0.717, 1.165) is 23.7 Å². The minimum absolute atomic E-state index is 0.796. The molecule has 0 N–H and O–H groups in total. The van der Waals surface area contributed by atoms with Crippen LogP contribution in [0.5, 0.6) is 0 Å². The minimum Gasteiger partial charge on any atom is -0.0885 e. The van der Waals surface area contributed by atoms with Crippen LogP contribution in [0.2, 0.25) is 0 Å². The first-order valence-corrected chi connectivity index (χ1v) is 12.0.